The van der Waals surface area contributed by atoms with Crippen LogP contribution in [0.25, 0.3) is 0 Å². The molecule has 3 heterocycles. The molecule has 1 saturated heterocycles. The third kappa shape index (κ3) is 5.10. The highest BCUT2D eigenvalue weighted by Gasteiger charge is 2.40. The summed E-state index contributed by atoms with van der Waals surface area (Å²) in [6, 6.07) is -0.839. The number of carboxylic acid groups (broad SMARTS) is 1. The molecule has 11 nitrogen and oxygen atoms in total. The van der Waals surface area contributed by atoms with Gasteiger partial charge in [0.1, 0.15) is 11.6 Å². The van der Waals surface area contributed by atoms with Crippen LogP contribution in [0.5, 0.6) is 5.75 Å². The molecule has 2 fully saturated rings. The number of aromatic carboxylic acids is 1. The van der Waals surface area contributed by atoms with Gasteiger partial charge in [0.15, 0.2) is 11.4 Å². The zero-order valence-corrected chi connectivity index (χ0v) is 19.1. The van der Waals surface area contributed by atoms with Crippen molar-refractivity contribution in [1.82, 2.24) is 20.1 Å². The Labute approximate surface area is 197 Å². The van der Waals surface area contributed by atoms with Crippen molar-refractivity contribution in [2.75, 3.05) is 26.2 Å². The normalized spacial score (nSPS) is 23.4. The highest BCUT2D eigenvalue weighted by Crippen LogP contribution is 2.25. The van der Waals surface area contributed by atoms with E-state index in [4.69, 9.17) is 4.74 Å². The molecule has 1 saturated carbocycles. The Morgan fingerprint density at radius 1 is 1.21 bits per heavy atom. The lowest BCUT2D eigenvalue weighted by atomic mass is 9.95. The molecular weight excluding hydrogens is 444 g/mol. The number of carboxylic acids is 1. The quantitative estimate of drug-likeness (QED) is 0.439. The second-order valence-electron chi connectivity index (χ2n) is 9.22. The minimum absolute atomic E-state index is 0.0181. The molecule has 0 spiro atoms. The second-order valence-corrected chi connectivity index (χ2v) is 9.22. The molecule has 186 valence electrons. The Balaban J connectivity index is 1.58. The van der Waals surface area contributed by atoms with Crippen LogP contribution in [-0.4, -0.2) is 81.9 Å². The summed E-state index contributed by atoms with van der Waals surface area (Å²) in [5, 5.41) is 26.0. The number of fused-ring (bicyclic) bond motifs is 1. The van der Waals surface area contributed by atoms with E-state index in [9.17, 15) is 29.4 Å². The van der Waals surface area contributed by atoms with Gasteiger partial charge in [-0.15, -0.1) is 0 Å². The van der Waals surface area contributed by atoms with Gasteiger partial charge >= 0.3 is 5.97 Å². The number of hydrogen-bond acceptors (Lipinski definition) is 7. The zero-order chi connectivity index (χ0) is 24.2. The number of nitrogens with one attached hydrogen (secondary N) is 2. The van der Waals surface area contributed by atoms with Crippen LogP contribution in [0, 0.1) is 0 Å². The Morgan fingerprint density at radius 2 is 1.97 bits per heavy atom. The number of aromatic hydroxyl groups is 1. The fourth-order valence-corrected chi connectivity index (χ4v) is 5.05. The summed E-state index contributed by atoms with van der Waals surface area (Å²) in [7, 11) is 0. The predicted octanol–water partition coefficient (Wildman–Crippen LogP) is 0.294. The molecule has 4 N–H and O–H groups in total. The van der Waals surface area contributed by atoms with Crippen LogP contribution in [0.4, 0.5) is 0 Å². The first-order valence-electron chi connectivity index (χ1n) is 12.0. The highest BCUT2D eigenvalue weighted by molar-refractivity contribution is 6.00. The average Bonchev–Trinajstić information content (AvgIpc) is 2.83. The van der Waals surface area contributed by atoms with Gasteiger partial charge in [0, 0.05) is 31.9 Å². The molecule has 34 heavy (non-hydrogen) atoms. The molecule has 1 aromatic heterocycles. The van der Waals surface area contributed by atoms with Crippen molar-refractivity contribution in [2.45, 2.75) is 69.7 Å². The number of carbonyl (C=O) groups excluding carboxylic acids is 2. The molecule has 0 aromatic carbocycles. The van der Waals surface area contributed by atoms with Gasteiger partial charge in [0.05, 0.1) is 19.3 Å². The Hall–Kier alpha value is -2.92. The molecule has 2 unspecified atom stereocenters. The number of amides is 2. The van der Waals surface area contributed by atoms with E-state index in [1.165, 1.54) is 9.47 Å². The van der Waals surface area contributed by atoms with E-state index < -0.39 is 34.7 Å². The molecule has 1 aromatic rings. The van der Waals surface area contributed by atoms with Gasteiger partial charge in [0.25, 0.3) is 5.91 Å². The number of carbonyl (C=O) groups is 3. The van der Waals surface area contributed by atoms with E-state index in [1.54, 1.807) is 0 Å². The smallest absolute Gasteiger partial charge is 0.341 e. The Morgan fingerprint density at radius 3 is 2.65 bits per heavy atom. The predicted molar refractivity (Wildman–Crippen MR) is 121 cm³/mol. The Kier molecular flexibility index (Phi) is 7.52. The lowest BCUT2D eigenvalue weighted by molar-refractivity contribution is -0.127. The number of nitrogens with zero attached hydrogens (tertiary/aromatic N) is 2. The first kappa shape index (κ1) is 24.2. The van der Waals surface area contributed by atoms with Gasteiger partial charge < -0.3 is 35.1 Å². The molecule has 2 amide bonds. The van der Waals surface area contributed by atoms with Gasteiger partial charge in [-0.1, -0.05) is 19.3 Å². The monoisotopic (exact) mass is 476 g/mol. The fraction of sp³-hybridized carbons (Fsp3) is 0.652. The van der Waals surface area contributed by atoms with E-state index in [0.717, 1.165) is 51.4 Å². The van der Waals surface area contributed by atoms with Gasteiger partial charge in [-0.3, -0.25) is 14.4 Å². The standard InChI is InChI=1S/C23H32N4O7/c28-19-16(23(32)33)12-26-13-17(21(30)25-14-5-2-1-3-6-14)27(22(31)18(26)20(19)29)9-4-7-15-11-24-8-10-34-15/h12,14-15,17,24,29H,1-11,13H2,(H,25,30)(H,32,33). The first-order chi connectivity index (χ1) is 16.4. The van der Waals surface area contributed by atoms with E-state index >= 15 is 0 Å². The largest absolute Gasteiger partial charge is 0.503 e. The van der Waals surface area contributed by atoms with E-state index in [2.05, 4.69) is 10.6 Å². The third-order valence-electron chi connectivity index (χ3n) is 6.88. The van der Waals surface area contributed by atoms with E-state index in [0.29, 0.717) is 19.4 Å². The summed E-state index contributed by atoms with van der Waals surface area (Å²) < 4.78 is 6.93. The molecule has 2 aliphatic heterocycles. The maximum Gasteiger partial charge on any atom is 0.341 e. The van der Waals surface area contributed by atoms with Crippen LogP contribution in [0.3, 0.4) is 0 Å². The third-order valence-corrected chi connectivity index (χ3v) is 6.88. The topological polar surface area (TPSA) is 150 Å². The highest BCUT2D eigenvalue weighted by atomic mass is 16.5. The number of pyridine rings is 1. The minimum atomic E-state index is -1.50. The molecule has 1 aliphatic carbocycles. The molecule has 0 bridgehead atoms. The van der Waals surface area contributed by atoms with Crippen LogP contribution in [0.2, 0.25) is 0 Å². The summed E-state index contributed by atoms with van der Waals surface area (Å²) in [5.41, 5.74) is -2.04. The zero-order valence-electron chi connectivity index (χ0n) is 19.1. The molecular formula is C23H32N4O7. The number of aromatic nitrogens is 1. The van der Waals surface area contributed by atoms with Crippen molar-refractivity contribution in [3.63, 3.8) is 0 Å². The molecule has 4 rings (SSSR count). The lowest BCUT2D eigenvalue weighted by Gasteiger charge is -2.38. The van der Waals surface area contributed by atoms with Crippen LogP contribution < -0.4 is 16.1 Å². The number of ether oxygens (including phenoxy) is 1. The molecule has 0 radical (unpaired) electrons. The van der Waals surface area contributed by atoms with Crippen molar-refractivity contribution in [2.24, 2.45) is 0 Å². The van der Waals surface area contributed by atoms with Crippen molar-refractivity contribution < 1.29 is 29.3 Å². The first-order valence-corrected chi connectivity index (χ1v) is 12.0. The number of rotatable bonds is 7. The number of hydrogen-bond donors (Lipinski definition) is 4. The molecule has 3 aliphatic rings. The maximum absolute atomic E-state index is 13.4. The summed E-state index contributed by atoms with van der Waals surface area (Å²) >= 11 is 0. The minimum Gasteiger partial charge on any atom is -0.503 e. The molecule has 2 atom stereocenters. The Bertz CT molecular complexity index is 996. The summed E-state index contributed by atoms with van der Waals surface area (Å²) in [6.07, 6.45) is 7.28. The van der Waals surface area contributed by atoms with Crippen LogP contribution >= 0.6 is 0 Å². The summed E-state index contributed by atoms with van der Waals surface area (Å²) in [5.74, 6) is -3.38. The number of morpholine rings is 1. The second kappa shape index (κ2) is 10.6. The van der Waals surface area contributed by atoms with Crippen molar-refractivity contribution in [3.05, 3.63) is 27.7 Å². The van der Waals surface area contributed by atoms with Gasteiger partial charge in [0.2, 0.25) is 11.3 Å². The van der Waals surface area contributed by atoms with Gasteiger partial charge in [-0.25, -0.2) is 4.79 Å². The van der Waals surface area contributed by atoms with Crippen molar-refractivity contribution in [1.29, 1.82) is 0 Å². The summed E-state index contributed by atoms with van der Waals surface area (Å²) in [6.45, 7) is 2.34. The van der Waals surface area contributed by atoms with Gasteiger partial charge in [-0.2, -0.15) is 0 Å². The molecule has 11 heteroatoms. The average molecular weight is 477 g/mol. The fourth-order valence-electron chi connectivity index (χ4n) is 5.05. The van der Waals surface area contributed by atoms with Crippen molar-refractivity contribution >= 4 is 17.8 Å². The van der Waals surface area contributed by atoms with E-state index in [-0.39, 0.29) is 36.8 Å². The lowest BCUT2D eigenvalue weighted by Crippen LogP contribution is -2.57. The van der Waals surface area contributed by atoms with E-state index in [1.807, 2.05) is 0 Å². The summed E-state index contributed by atoms with van der Waals surface area (Å²) in [4.78, 5) is 51.8. The SMILES string of the molecule is O=C(O)c1cn2c(c(O)c1=O)C(=O)N(CCCC1CNCCO1)C(C(=O)NC1CCCCC1)C2. The van der Waals surface area contributed by atoms with Gasteiger partial charge in [-0.05, 0) is 25.7 Å². The van der Waals surface area contributed by atoms with Crippen LogP contribution in [0.1, 0.15) is 65.8 Å². The van der Waals surface area contributed by atoms with Crippen molar-refractivity contribution in [3.8, 4) is 5.75 Å². The van der Waals surface area contributed by atoms with Crippen LogP contribution in [-0.2, 0) is 16.1 Å². The maximum atomic E-state index is 13.4. The van der Waals surface area contributed by atoms with Crippen LogP contribution in [0.15, 0.2) is 11.0 Å².